The van der Waals surface area contributed by atoms with Crippen LogP contribution in [0.2, 0.25) is 0 Å². The van der Waals surface area contributed by atoms with E-state index < -0.39 is 0 Å². The SMILES string of the molecule is Cc1ccccc1C(=O)N1CCC(C(=O)Nc2cnn3c2NCCC3)CC1. The van der Waals surface area contributed by atoms with E-state index in [0.717, 1.165) is 42.1 Å². The Kier molecular flexibility index (Phi) is 4.83. The zero-order valence-electron chi connectivity index (χ0n) is 15.6. The number of hydrogen-bond donors (Lipinski definition) is 2. The molecule has 0 radical (unpaired) electrons. The average Bonchev–Trinajstić information content (AvgIpc) is 3.11. The summed E-state index contributed by atoms with van der Waals surface area (Å²) in [5.74, 6) is 0.884. The molecule has 1 fully saturated rings. The first kappa shape index (κ1) is 17.6. The maximum absolute atomic E-state index is 12.7. The van der Waals surface area contributed by atoms with Crippen LogP contribution in [0.25, 0.3) is 0 Å². The maximum Gasteiger partial charge on any atom is 0.254 e. The quantitative estimate of drug-likeness (QED) is 0.874. The molecule has 0 saturated carbocycles. The number of fused-ring (bicyclic) bond motifs is 1. The Labute approximate surface area is 158 Å². The summed E-state index contributed by atoms with van der Waals surface area (Å²) in [6.07, 6.45) is 4.11. The first-order chi connectivity index (χ1) is 13.1. The van der Waals surface area contributed by atoms with Gasteiger partial charge in [-0.15, -0.1) is 0 Å². The fourth-order valence-corrected chi connectivity index (χ4v) is 3.83. The Bertz CT molecular complexity index is 852. The normalized spacial score (nSPS) is 17.1. The van der Waals surface area contributed by atoms with Gasteiger partial charge < -0.3 is 15.5 Å². The summed E-state index contributed by atoms with van der Waals surface area (Å²) in [5, 5.41) is 10.6. The molecule has 3 heterocycles. The number of carbonyl (C=O) groups is 2. The Morgan fingerprint density at radius 1 is 1.19 bits per heavy atom. The molecule has 0 unspecified atom stereocenters. The number of nitrogens with one attached hydrogen (secondary N) is 2. The molecule has 0 atom stereocenters. The van der Waals surface area contributed by atoms with E-state index in [1.807, 2.05) is 40.8 Å². The number of likely N-dealkylation sites (tertiary alicyclic amines) is 1. The molecule has 4 rings (SSSR count). The Balaban J connectivity index is 1.35. The smallest absolute Gasteiger partial charge is 0.254 e. The van der Waals surface area contributed by atoms with Gasteiger partial charge in [0.25, 0.3) is 5.91 Å². The molecule has 0 bridgehead atoms. The van der Waals surface area contributed by atoms with Crippen molar-refractivity contribution < 1.29 is 9.59 Å². The third-order valence-electron chi connectivity index (χ3n) is 5.46. The van der Waals surface area contributed by atoms with E-state index in [1.165, 1.54) is 0 Å². The van der Waals surface area contributed by atoms with Gasteiger partial charge in [-0.1, -0.05) is 18.2 Å². The Hall–Kier alpha value is -2.83. The van der Waals surface area contributed by atoms with Crippen LogP contribution in [0.4, 0.5) is 11.5 Å². The third kappa shape index (κ3) is 3.54. The van der Waals surface area contributed by atoms with Gasteiger partial charge in [-0.25, -0.2) is 4.68 Å². The monoisotopic (exact) mass is 367 g/mol. The number of aryl methyl sites for hydroxylation is 2. The molecular formula is C20H25N5O2. The summed E-state index contributed by atoms with van der Waals surface area (Å²) in [6, 6.07) is 7.65. The minimum Gasteiger partial charge on any atom is -0.368 e. The van der Waals surface area contributed by atoms with Crippen molar-refractivity contribution in [1.29, 1.82) is 0 Å². The molecule has 27 heavy (non-hydrogen) atoms. The minimum absolute atomic E-state index is 0.0150. The van der Waals surface area contributed by atoms with Gasteiger partial charge in [-0.05, 0) is 37.8 Å². The van der Waals surface area contributed by atoms with Crippen molar-refractivity contribution in [3.63, 3.8) is 0 Å². The molecule has 2 aliphatic heterocycles. The zero-order chi connectivity index (χ0) is 18.8. The number of nitrogens with zero attached hydrogens (tertiary/aromatic N) is 3. The van der Waals surface area contributed by atoms with Crippen molar-refractivity contribution in [3.8, 4) is 0 Å². The zero-order valence-corrected chi connectivity index (χ0v) is 15.6. The molecule has 2 aliphatic rings. The van der Waals surface area contributed by atoms with Crippen molar-refractivity contribution in [2.45, 2.75) is 32.7 Å². The molecular weight excluding hydrogens is 342 g/mol. The van der Waals surface area contributed by atoms with Gasteiger partial charge in [-0.2, -0.15) is 5.10 Å². The third-order valence-corrected chi connectivity index (χ3v) is 5.46. The lowest BCUT2D eigenvalue weighted by molar-refractivity contribution is -0.121. The molecule has 2 aromatic rings. The number of carbonyl (C=O) groups excluding carboxylic acids is 2. The molecule has 0 spiro atoms. The highest BCUT2D eigenvalue weighted by atomic mass is 16.2. The summed E-state index contributed by atoms with van der Waals surface area (Å²) >= 11 is 0. The largest absolute Gasteiger partial charge is 0.368 e. The number of piperidine rings is 1. The molecule has 7 nitrogen and oxygen atoms in total. The second-order valence-corrected chi connectivity index (χ2v) is 7.28. The highest BCUT2D eigenvalue weighted by Gasteiger charge is 2.29. The van der Waals surface area contributed by atoms with E-state index in [2.05, 4.69) is 15.7 Å². The van der Waals surface area contributed by atoms with Crippen LogP contribution in [0.1, 0.15) is 35.2 Å². The fourth-order valence-electron chi connectivity index (χ4n) is 3.83. The standard InChI is InChI=1S/C20H25N5O2/c1-14-5-2-3-6-16(14)20(27)24-11-7-15(8-12-24)19(26)23-17-13-22-25-10-4-9-21-18(17)25/h2-3,5-6,13,15,21H,4,7-12H2,1H3,(H,23,26). The molecule has 1 aromatic heterocycles. The highest BCUT2D eigenvalue weighted by Crippen LogP contribution is 2.27. The van der Waals surface area contributed by atoms with Gasteiger partial charge in [0.05, 0.1) is 6.20 Å². The van der Waals surface area contributed by atoms with Gasteiger partial charge in [0.15, 0.2) is 0 Å². The predicted molar refractivity (Wildman–Crippen MR) is 104 cm³/mol. The molecule has 142 valence electrons. The van der Waals surface area contributed by atoms with Crippen LogP contribution in [0.15, 0.2) is 30.5 Å². The number of benzene rings is 1. The molecule has 2 amide bonds. The van der Waals surface area contributed by atoms with Gasteiger partial charge >= 0.3 is 0 Å². The Morgan fingerprint density at radius 2 is 1.96 bits per heavy atom. The summed E-state index contributed by atoms with van der Waals surface area (Å²) in [4.78, 5) is 27.2. The summed E-state index contributed by atoms with van der Waals surface area (Å²) in [5.41, 5.74) is 2.48. The molecule has 0 aliphatic carbocycles. The van der Waals surface area contributed by atoms with E-state index in [9.17, 15) is 9.59 Å². The van der Waals surface area contributed by atoms with E-state index >= 15 is 0 Å². The number of rotatable bonds is 3. The van der Waals surface area contributed by atoms with Gasteiger partial charge in [0, 0.05) is 37.7 Å². The molecule has 1 aromatic carbocycles. The van der Waals surface area contributed by atoms with Crippen LogP contribution in [-0.4, -0.2) is 46.1 Å². The lowest BCUT2D eigenvalue weighted by atomic mass is 9.95. The lowest BCUT2D eigenvalue weighted by Gasteiger charge is -2.31. The topological polar surface area (TPSA) is 79.3 Å². The molecule has 1 saturated heterocycles. The second kappa shape index (κ2) is 7.42. The highest BCUT2D eigenvalue weighted by molar-refractivity contribution is 5.97. The van der Waals surface area contributed by atoms with E-state index in [1.54, 1.807) is 6.20 Å². The molecule has 7 heteroatoms. The number of amides is 2. The Morgan fingerprint density at radius 3 is 2.74 bits per heavy atom. The van der Waals surface area contributed by atoms with Gasteiger partial charge in [0.2, 0.25) is 5.91 Å². The second-order valence-electron chi connectivity index (χ2n) is 7.28. The van der Waals surface area contributed by atoms with Crippen molar-refractivity contribution in [2.75, 3.05) is 30.3 Å². The van der Waals surface area contributed by atoms with Crippen molar-refractivity contribution >= 4 is 23.3 Å². The van der Waals surface area contributed by atoms with Crippen molar-refractivity contribution in [1.82, 2.24) is 14.7 Å². The number of hydrogen-bond acceptors (Lipinski definition) is 4. The fraction of sp³-hybridized carbons (Fsp3) is 0.450. The van der Waals surface area contributed by atoms with Crippen LogP contribution in [0, 0.1) is 12.8 Å². The van der Waals surface area contributed by atoms with Crippen LogP contribution in [0.3, 0.4) is 0 Å². The molecule has 2 N–H and O–H groups in total. The van der Waals surface area contributed by atoms with Crippen LogP contribution in [-0.2, 0) is 11.3 Å². The van der Waals surface area contributed by atoms with Crippen LogP contribution >= 0.6 is 0 Å². The van der Waals surface area contributed by atoms with Gasteiger partial charge in [-0.3, -0.25) is 9.59 Å². The van der Waals surface area contributed by atoms with Crippen LogP contribution in [0.5, 0.6) is 0 Å². The lowest BCUT2D eigenvalue weighted by Crippen LogP contribution is -2.41. The van der Waals surface area contributed by atoms with E-state index in [-0.39, 0.29) is 17.7 Å². The summed E-state index contributed by atoms with van der Waals surface area (Å²) in [6.45, 7) is 4.94. The minimum atomic E-state index is -0.0786. The average molecular weight is 367 g/mol. The van der Waals surface area contributed by atoms with Crippen LogP contribution < -0.4 is 10.6 Å². The van der Waals surface area contributed by atoms with Crippen molar-refractivity contribution in [3.05, 3.63) is 41.6 Å². The van der Waals surface area contributed by atoms with Crippen molar-refractivity contribution in [2.24, 2.45) is 5.92 Å². The summed E-state index contributed by atoms with van der Waals surface area (Å²) in [7, 11) is 0. The predicted octanol–water partition coefficient (Wildman–Crippen LogP) is 2.50. The van der Waals surface area contributed by atoms with Gasteiger partial charge in [0.1, 0.15) is 11.5 Å². The first-order valence-electron chi connectivity index (χ1n) is 9.59. The maximum atomic E-state index is 12.7. The number of anilines is 2. The summed E-state index contributed by atoms with van der Waals surface area (Å²) < 4.78 is 1.89. The number of aromatic nitrogens is 2. The van der Waals surface area contributed by atoms with E-state index in [4.69, 9.17) is 0 Å². The van der Waals surface area contributed by atoms with E-state index in [0.29, 0.717) is 25.9 Å². The first-order valence-corrected chi connectivity index (χ1v) is 9.59.